The molecule has 1 atom stereocenters. The fourth-order valence-corrected chi connectivity index (χ4v) is 2.50. The summed E-state index contributed by atoms with van der Waals surface area (Å²) in [5.74, 6) is 0.546. The molecule has 3 nitrogen and oxygen atoms in total. The quantitative estimate of drug-likeness (QED) is 0.436. The highest BCUT2D eigenvalue weighted by Gasteiger charge is 2.39. The minimum Gasteiger partial charge on any atom is -0.533 e. The lowest BCUT2D eigenvalue weighted by molar-refractivity contribution is 0.483. The fraction of sp³-hybridized carbons (Fsp3) is 0.917. The molecule has 0 radical (unpaired) electrons. The van der Waals surface area contributed by atoms with E-state index in [9.17, 15) is 4.21 Å². The first-order chi connectivity index (χ1) is 7.27. The Kier molecular flexibility index (Phi) is 5.17. The van der Waals surface area contributed by atoms with Crippen LogP contribution in [0.5, 0.6) is 0 Å². The second-order valence-corrected chi connectivity index (χ2v) is 13.5. The average molecular weight is 278 g/mol. The van der Waals surface area contributed by atoms with Gasteiger partial charge in [0.05, 0.1) is 4.75 Å². The molecular weight excluding hydrogens is 250 g/mol. The van der Waals surface area contributed by atoms with Crippen molar-refractivity contribution in [2.24, 2.45) is 4.40 Å². The maximum absolute atomic E-state index is 11.9. The van der Waals surface area contributed by atoms with Crippen LogP contribution in [0.3, 0.4) is 0 Å². The molecule has 0 saturated heterocycles. The van der Waals surface area contributed by atoms with Crippen LogP contribution in [-0.2, 0) is 15.4 Å². The molecule has 0 aliphatic heterocycles. The maximum Gasteiger partial charge on any atom is 0.252 e. The summed E-state index contributed by atoms with van der Waals surface area (Å²) in [4.78, 5) is 0. The summed E-state index contributed by atoms with van der Waals surface area (Å²) in [6.45, 7) is 18.4. The first-order valence-corrected chi connectivity index (χ1v) is 9.95. The largest absolute Gasteiger partial charge is 0.533 e. The summed E-state index contributed by atoms with van der Waals surface area (Å²) >= 11 is 0. The Morgan fingerprint density at radius 2 is 1.53 bits per heavy atom. The molecule has 5 heteroatoms. The van der Waals surface area contributed by atoms with Crippen LogP contribution in [0.4, 0.5) is 0 Å². The van der Waals surface area contributed by atoms with Crippen molar-refractivity contribution in [2.45, 2.75) is 71.3 Å². The Hall–Kier alpha value is -0.163. The third-order valence-corrected chi connectivity index (χ3v) is 8.83. The highest BCUT2D eigenvalue weighted by Crippen LogP contribution is 2.36. The highest BCUT2D eigenvalue weighted by molar-refractivity contribution is 7.85. The van der Waals surface area contributed by atoms with Crippen molar-refractivity contribution in [2.75, 3.05) is 0 Å². The third kappa shape index (κ3) is 5.34. The van der Waals surface area contributed by atoms with Crippen molar-refractivity contribution in [1.82, 2.24) is 0 Å². The van der Waals surface area contributed by atoms with Crippen LogP contribution in [0, 0.1) is 0 Å². The molecule has 0 aromatic carbocycles. The summed E-state index contributed by atoms with van der Waals surface area (Å²) in [6, 6.07) is 0. The minimum atomic E-state index is -1.86. The minimum absolute atomic E-state index is 0.132. The van der Waals surface area contributed by atoms with E-state index in [2.05, 4.69) is 38.3 Å². The van der Waals surface area contributed by atoms with Gasteiger partial charge in [-0.05, 0) is 38.9 Å². The van der Waals surface area contributed by atoms with E-state index in [0.717, 1.165) is 0 Å². The van der Waals surface area contributed by atoms with Gasteiger partial charge in [0.15, 0.2) is 5.90 Å². The highest BCUT2D eigenvalue weighted by atomic mass is 32.2. The van der Waals surface area contributed by atoms with Gasteiger partial charge in [0.2, 0.25) is 0 Å². The van der Waals surface area contributed by atoms with Crippen molar-refractivity contribution in [3.05, 3.63) is 0 Å². The molecule has 17 heavy (non-hydrogen) atoms. The van der Waals surface area contributed by atoms with Gasteiger partial charge in [0.1, 0.15) is 11.0 Å². The number of nitrogens with zero attached hydrogens (tertiary/aromatic N) is 1. The second kappa shape index (κ2) is 5.22. The van der Waals surface area contributed by atoms with E-state index in [-0.39, 0.29) is 9.79 Å². The zero-order chi connectivity index (χ0) is 14.1. The van der Waals surface area contributed by atoms with Crippen molar-refractivity contribution >= 4 is 25.2 Å². The van der Waals surface area contributed by atoms with E-state index in [1.54, 1.807) is 6.92 Å². The van der Waals surface area contributed by atoms with Crippen LogP contribution in [0.25, 0.3) is 0 Å². The van der Waals surface area contributed by atoms with E-state index in [1.807, 2.05) is 20.8 Å². The Labute approximate surface area is 110 Å². The normalized spacial score (nSPS) is 16.9. The molecule has 0 spiro atoms. The Morgan fingerprint density at radius 3 is 1.82 bits per heavy atom. The molecule has 0 bridgehead atoms. The first kappa shape index (κ1) is 16.8. The Bertz CT molecular complexity index is 324. The molecule has 0 fully saturated rings. The van der Waals surface area contributed by atoms with Gasteiger partial charge in [-0.2, -0.15) is 4.40 Å². The molecule has 0 rings (SSSR count). The summed E-state index contributed by atoms with van der Waals surface area (Å²) in [5, 5.41) is 0.132. The molecule has 0 aromatic rings. The molecule has 0 N–H and O–H groups in total. The lowest BCUT2D eigenvalue weighted by Gasteiger charge is -2.36. The monoisotopic (exact) mass is 277 g/mol. The second-order valence-electron chi connectivity index (χ2n) is 6.83. The zero-order valence-electron chi connectivity index (χ0n) is 12.7. The van der Waals surface area contributed by atoms with Crippen LogP contribution >= 0.6 is 0 Å². The van der Waals surface area contributed by atoms with Gasteiger partial charge >= 0.3 is 0 Å². The van der Waals surface area contributed by atoms with Crippen molar-refractivity contribution in [1.29, 1.82) is 0 Å². The number of hydrogen-bond acceptors (Lipinski definition) is 2. The lowest BCUT2D eigenvalue weighted by Crippen LogP contribution is -2.42. The molecule has 0 aliphatic rings. The molecule has 1 unspecified atom stereocenters. The van der Waals surface area contributed by atoms with Gasteiger partial charge in [-0.25, -0.2) is 4.21 Å². The van der Waals surface area contributed by atoms with Gasteiger partial charge in [0.25, 0.3) is 8.32 Å². The average Bonchev–Trinajstić information content (AvgIpc) is 1.97. The van der Waals surface area contributed by atoms with Gasteiger partial charge in [-0.1, -0.05) is 20.8 Å². The summed E-state index contributed by atoms with van der Waals surface area (Å²) in [6.07, 6.45) is 0. The van der Waals surface area contributed by atoms with Crippen LogP contribution in [0.2, 0.25) is 18.1 Å². The smallest absolute Gasteiger partial charge is 0.252 e. The summed E-state index contributed by atoms with van der Waals surface area (Å²) in [7, 11) is -3.10. The number of rotatable bonds is 2. The SMILES string of the molecule is C/C(=N\S(=O)C(C)(C)C)O[Si](C)(C)C(C)(C)C. The van der Waals surface area contributed by atoms with E-state index >= 15 is 0 Å². The third-order valence-electron chi connectivity index (χ3n) is 2.94. The number of hydrogen-bond donors (Lipinski definition) is 0. The molecule has 0 aliphatic carbocycles. The zero-order valence-corrected chi connectivity index (χ0v) is 14.5. The van der Waals surface area contributed by atoms with E-state index < -0.39 is 19.3 Å². The van der Waals surface area contributed by atoms with Gasteiger partial charge in [-0.3, -0.25) is 0 Å². The molecule has 0 amide bonds. The van der Waals surface area contributed by atoms with Crippen LogP contribution in [0.15, 0.2) is 4.40 Å². The van der Waals surface area contributed by atoms with Crippen LogP contribution in [0.1, 0.15) is 48.5 Å². The molecule has 102 valence electrons. The van der Waals surface area contributed by atoms with E-state index in [4.69, 9.17) is 4.43 Å². The van der Waals surface area contributed by atoms with Crippen molar-refractivity contribution < 1.29 is 8.63 Å². The molecule has 0 saturated carbocycles. The van der Waals surface area contributed by atoms with Crippen LogP contribution < -0.4 is 0 Å². The Morgan fingerprint density at radius 1 is 1.12 bits per heavy atom. The standard InChI is InChI=1S/C12H27NO2SSi/c1-10(13-16(14)11(2,3)4)15-17(8,9)12(5,6)7/h1-9H3/b13-10+. The van der Waals surface area contributed by atoms with Gasteiger partial charge in [0, 0.05) is 6.92 Å². The van der Waals surface area contributed by atoms with Crippen molar-refractivity contribution in [3.8, 4) is 0 Å². The summed E-state index contributed by atoms with van der Waals surface area (Å²) in [5.41, 5.74) is 0. The molecule has 0 aromatic heterocycles. The predicted octanol–water partition coefficient (Wildman–Crippen LogP) is 3.89. The maximum atomic E-state index is 11.9. The first-order valence-electron chi connectivity index (χ1n) is 5.94. The topological polar surface area (TPSA) is 38.7 Å². The Balaban J connectivity index is 4.84. The van der Waals surface area contributed by atoms with E-state index in [1.165, 1.54) is 0 Å². The molecule has 0 heterocycles. The fourth-order valence-electron chi connectivity index (χ4n) is 0.795. The van der Waals surface area contributed by atoms with Gasteiger partial charge in [-0.15, -0.1) is 0 Å². The molecular formula is C12H27NO2SSi. The van der Waals surface area contributed by atoms with E-state index in [0.29, 0.717) is 5.90 Å². The lowest BCUT2D eigenvalue weighted by atomic mass is 10.2. The van der Waals surface area contributed by atoms with Crippen LogP contribution in [-0.4, -0.2) is 23.2 Å². The summed E-state index contributed by atoms with van der Waals surface area (Å²) < 4.78 is 21.6. The predicted molar refractivity (Wildman–Crippen MR) is 79.3 cm³/mol. The van der Waals surface area contributed by atoms with Crippen molar-refractivity contribution in [3.63, 3.8) is 0 Å². The van der Waals surface area contributed by atoms with Gasteiger partial charge < -0.3 is 4.43 Å².